The SMILES string of the molecule is CC(C)[C@@H](C=O)N(C)C(=O)Oc1ccccc1. The van der Waals surface area contributed by atoms with Crippen molar-refractivity contribution in [3.63, 3.8) is 0 Å². The summed E-state index contributed by atoms with van der Waals surface area (Å²) in [6.07, 6.45) is 0.235. The minimum Gasteiger partial charge on any atom is -0.410 e. The van der Waals surface area contributed by atoms with E-state index < -0.39 is 12.1 Å². The summed E-state index contributed by atoms with van der Waals surface area (Å²) in [5.41, 5.74) is 0. The number of carbonyl (C=O) groups excluding carboxylic acids is 2. The molecule has 0 aliphatic heterocycles. The van der Waals surface area contributed by atoms with Crippen LogP contribution in [0, 0.1) is 5.92 Å². The molecular weight excluding hydrogens is 218 g/mol. The van der Waals surface area contributed by atoms with E-state index >= 15 is 0 Å². The molecule has 0 saturated carbocycles. The molecule has 1 amide bonds. The first-order valence-electron chi connectivity index (χ1n) is 5.51. The number of benzene rings is 1. The lowest BCUT2D eigenvalue weighted by Gasteiger charge is -2.25. The van der Waals surface area contributed by atoms with Crippen LogP contribution in [0.25, 0.3) is 0 Å². The van der Waals surface area contributed by atoms with Gasteiger partial charge >= 0.3 is 6.09 Å². The molecule has 0 aromatic heterocycles. The summed E-state index contributed by atoms with van der Waals surface area (Å²) in [6.45, 7) is 3.76. The molecule has 1 atom stereocenters. The third-order valence-electron chi connectivity index (χ3n) is 2.51. The van der Waals surface area contributed by atoms with E-state index in [0.717, 1.165) is 6.29 Å². The van der Waals surface area contributed by atoms with Crippen molar-refractivity contribution in [3.8, 4) is 5.75 Å². The van der Waals surface area contributed by atoms with Gasteiger partial charge in [-0.05, 0) is 18.1 Å². The van der Waals surface area contributed by atoms with Crippen molar-refractivity contribution in [1.29, 1.82) is 0 Å². The first-order valence-corrected chi connectivity index (χ1v) is 5.51. The highest BCUT2D eigenvalue weighted by Crippen LogP contribution is 2.12. The molecule has 0 fully saturated rings. The van der Waals surface area contributed by atoms with E-state index in [1.165, 1.54) is 4.90 Å². The molecule has 1 aromatic carbocycles. The molecule has 0 aliphatic rings. The fourth-order valence-electron chi connectivity index (χ4n) is 1.48. The van der Waals surface area contributed by atoms with Crippen LogP contribution < -0.4 is 4.74 Å². The first-order chi connectivity index (χ1) is 8.06. The fourth-order valence-corrected chi connectivity index (χ4v) is 1.48. The summed E-state index contributed by atoms with van der Waals surface area (Å²) in [7, 11) is 1.56. The van der Waals surface area contributed by atoms with Gasteiger partial charge in [-0.2, -0.15) is 0 Å². The lowest BCUT2D eigenvalue weighted by Crippen LogP contribution is -2.42. The molecule has 0 heterocycles. The number of rotatable bonds is 4. The molecule has 0 N–H and O–H groups in total. The summed E-state index contributed by atoms with van der Waals surface area (Å²) in [5.74, 6) is 0.526. The maximum Gasteiger partial charge on any atom is 0.415 e. The van der Waals surface area contributed by atoms with E-state index in [4.69, 9.17) is 4.74 Å². The highest BCUT2D eigenvalue weighted by Gasteiger charge is 2.23. The van der Waals surface area contributed by atoms with E-state index in [1.807, 2.05) is 19.9 Å². The van der Waals surface area contributed by atoms with Gasteiger partial charge in [0.15, 0.2) is 0 Å². The van der Waals surface area contributed by atoms with Crippen molar-refractivity contribution in [1.82, 2.24) is 4.90 Å². The van der Waals surface area contributed by atoms with E-state index in [2.05, 4.69) is 0 Å². The van der Waals surface area contributed by atoms with Crippen molar-refractivity contribution >= 4 is 12.4 Å². The van der Waals surface area contributed by atoms with Crippen LogP contribution in [0.15, 0.2) is 30.3 Å². The van der Waals surface area contributed by atoms with E-state index in [-0.39, 0.29) is 5.92 Å². The second-order valence-corrected chi connectivity index (χ2v) is 4.16. The quantitative estimate of drug-likeness (QED) is 0.752. The number of hydrogen-bond acceptors (Lipinski definition) is 3. The number of likely N-dealkylation sites (N-methyl/N-ethyl adjacent to an activating group) is 1. The average Bonchev–Trinajstić information content (AvgIpc) is 2.30. The summed E-state index contributed by atoms with van der Waals surface area (Å²) in [4.78, 5) is 24.0. The number of para-hydroxylation sites is 1. The van der Waals surface area contributed by atoms with E-state index in [0.29, 0.717) is 5.75 Å². The molecule has 0 unspecified atom stereocenters. The predicted molar refractivity (Wildman–Crippen MR) is 64.9 cm³/mol. The molecule has 92 valence electrons. The van der Waals surface area contributed by atoms with Crippen LogP contribution in [-0.2, 0) is 4.79 Å². The topological polar surface area (TPSA) is 46.6 Å². The van der Waals surface area contributed by atoms with Gasteiger partial charge in [0.2, 0.25) is 0 Å². The zero-order valence-corrected chi connectivity index (χ0v) is 10.3. The van der Waals surface area contributed by atoms with Gasteiger partial charge < -0.3 is 14.4 Å². The highest BCUT2D eigenvalue weighted by molar-refractivity contribution is 5.75. The number of ether oxygens (including phenoxy) is 1. The van der Waals surface area contributed by atoms with Crippen molar-refractivity contribution in [3.05, 3.63) is 30.3 Å². The minimum absolute atomic E-state index is 0.0563. The molecule has 0 spiro atoms. The minimum atomic E-state index is -0.526. The zero-order valence-electron chi connectivity index (χ0n) is 10.3. The lowest BCUT2D eigenvalue weighted by atomic mass is 10.1. The third kappa shape index (κ3) is 3.59. The number of nitrogens with zero attached hydrogens (tertiary/aromatic N) is 1. The van der Waals surface area contributed by atoms with Crippen LogP contribution in [0.1, 0.15) is 13.8 Å². The van der Waals surface area contributed by atoms with Crippen LogP contribution in [0.3, 0.4) is 0 Å². The Hall–Kier alpha value is -1.84. The fraction of sp³-hybridized carbons (Fsp3) is 0.385. The van der Waals surface area contributed by atoms with Gasteiger partial charge in [0.25, 0.3) is 0 Å². The van der Waals surface area contributed by atoms with Crippen molar-refractivity contribution in [2.45, 2.75) is 19.9 Å². The van der Waals surface area contributed by atoms with Crippen LogP contribution in [0.4, 0.5) is 4.79 Å². The van der Waals surface area contributed by atoms with Gasteiger partial charge in [-0.25, -0.2) is 4.79 Å². The molecule has 4 nitrogen and oxygen atoms in total. The third-order valence-corrected chi connectivity index (χ3v) is 2.51. The monoisotopic (exact) mass is 235 g/mol. The molecular formula is C13H17NO3. The van der Waals surface area contributed by atoms with Crippen LogP contribution >= 0.6 is 0 Å². The summed E-state index contributed by atoms with van der Waals surface area (Å²) in [5, 5.41) is 0. The molecule has 4 heteroatoms. The van der Waals surface area contributed by atoms with Gasteiger partial charge in [0.05, 0.1) is 6.04 Å². The van der Waals surface area contributed by atoms with Gasteiger partial charge in [-0.15, -0.1) is 0 Å². The second kappa shape index (κ2) is 6.03. The molecule has 0 saturated heterocycles. The largest absolute Gasteiger partial charge is 0.415 e. The Bertz CT molecular complexity index is 376. The normalized spacial score (nSPS) is 12.0. The van der Waals surface area contributed by atoms with Crippen LogP contribution in [0.2, 0.25) is 0 Å². The Kier molecular flexibility index (Phi) is 4.69. The lowest BCUT2D eigenvalue weighted by molar-refractivity contribution is -0.112. The molecule has 0 radical (unpaired) electrons. The maximum atomic E-state index is 11.8. The van der Waals surface area contributed by atoms with Gasteiger partial charge in [-0.1, -0.05) is 32.0 Å². The average molecular weight is 235 g/mol. The van der Waals surface area contributed by atoms with Crippen LogP contribution in [-0.4, -0.2) is 30.4 Å². The Morgan fingerprint density at radius 3 is 2.35 bits per heavy atom. The highest BCUT2D eigenvalue weighted by atomic mass is 16.6. The van der Waals surface area contributed by atoms with Crippen molar-refractivity contribution in [2.75, 3.05) is 7.05 Å². The standard InChI is InChI=1S/C13H17NO3/c1-10(2)12(9-15)14(3)13(16)17-11-7-5-4-6-8-11/h4-10,12H,1-3H3/t12-/m1/s1. The summed E-state index contributed by atoms with van der Waals surface area (Å²) < 4.78 is 5.14. The smallest absolute Gasteiger partial charge is 0.410 e. The first kappa shape index (κ1) is 13.2. The number of amides is 1. The number of carbonyl (C=O) groups is 2. The predicted octanol–water partition coefficient (Wildman–Crippen LogP) is 2.34. The molecule has 1 aromatic rings. The molecule has 1 rings (SSSR count). The number of hydrogen-bond donors (Lipinski definition) is 0. The molecule has 0 aliphatic carbocycles. The summed E-state index contributed by atoms with van der Waals surface area (Å²) in [6, 6.07) is 8.31. The number of aldehydes is 1. The van der Waals surface area contributed by atoms with Crippen molar-refractivity contribution < 1.29 is 14.3 Å². The summed E-state index contributed by atoms with van der Waals surface area (Å²) >= 11 is 0. The van der Waals surface area contributed by atoms with Crippen LogP contribution in [0.5, 0.6) is 5.75 Å². The van der Waals surface area contributed by atoms with E-state index in [9.17, 15) is 9.59 Å². The maximum absolute atomic E-state index is 11.8. The Balaban J connectivity index is 2.67. The van der Waals surface area contributed by atoms with Crippen molar-refractivity contribution in [2.24, 2.45) is 5.92 Å². The molecule has 17 heavy (non-hydrogen) atoms. The van der Waals surface area contributed by atoms with Gasteiger partial charge in [0, 0.05) is 7.05 Å². The Morgan fingerprint density at radius 2 is 1.88 bits per heavy atom. The Morgan fingerprint density at radius 1 is 1.29 bits per heavy atom. The second-order valence-electron chi connectivity index (χ2n) is 4.16. The zero-order chi connectivity index (χ0) is 12.8. The van der Waals surface area contributed by atoms with Gasteiger partial charge in [0.1, 0.15) is 12.0 Å². The Labute approximate surface area is 101 Å². The van der Waals surface area contributed by atoms with E-state index in [1.54, 1.807) is 31.3 Å². The van der Waals surface area contributed by atoms with Gasteiger partial charge in [-0.3, -0.25) is 0 Å². The molecule has 0 bridgehead atoms.